The van der Waals surface area contributed by atoms with Crippen molar-refractivity contribution >= 4 is 17.5 Å². The van der Waals surface area contributed by atoms with Crippen LogP contribution < -0.4 is 10.8 Å². The van der Waals surface area contributed by atoms with E-state index in [1.807, 2.05) is 0 Å². The summed E-state index contributed by atoms with van der Waals surface area (Å²) in [7, 11) is 0. The van der Waals surface area contributed by atoms with E-state index in [1.54, 1.807) is 18.2 Å². The predicted molar refractivity (Wildman–Crippen MR) is 69.6 cm³/mol. The Hall–Kier alpha value is -1.88. The molecule has 0 radical (unpaired) electrons. The second-order valence-electron chi connectivity index (χ2n) is 5.05. The maximum absolute atomic E-state index is 11.9. The van der Waals surface area contributed by atoms with Crippen LogP contribution in [0.4, 0.5) is 5.69 Å². The van der Waals surface area contributed by atoms with E-state index in [4.69, 9.17) is 4.84 Å². The monoisotopic (exact) mass is 260 g/mol. The van der Waals surface area contributed by atoms with Gasteiger partial charge in [-0.1, -0.05) is 12.8 Å². The second-order valence-corrected chi connectivity index (χ2v) is 5.05. The lowest BCUT2D eigenvalue weighted by molar-refractivity contribution is -0.115. The Morgan fingerprint density at radius 1 is 1.32 bits per heavy atom. The molecular formula is C14H16N2O3. The van der Waals surface area contributed by atoms with Gasteiger partial charge in [0.25, 0.3) is 5.91 Å². The number of hydroxylamine groups is 1. The average Bonchev–Trinajstić information content (AvgIpc) is 3.02. The van der Waals surface area contributed by atoms with Crippen LogP contribution >= 0.6 is 0 Å². The largest absolute Gasteiger partial charge is 0.326 e. The highest BCUT2D eigenvalue weighted by Gasteiger charge is 2.20. The number of anilines is 1. The Morgan fingerprint density at radius 2 is 2.11 bits per heavy atom. The Labute approximate surface area is 111 Å². The molecule has 1 aliphatic carbocycles. The van der Waals surface area contributed by atoms with E-state index in [-0.39, 0.29) is 17.9 Å². The smallest absolute Gasteiger partial charge is 0.274 e. The third-order valence-corrected chi connectivity index (χ3v) is 3.61. The van der Waals surface area contributed by atoms with Crippen molar-refractivity contribution in [3.05, 3.63) is 29.3 Å². The zero-order valence-electron chi connectivity index (χ0n) is 10.6. The first-order valence-corrected chi connectivity index (χ1v) is 6.61. The van der Waals surface area contributed by atoms with Gasteiger partial charge in [-0.3, -0.25) is 14.4 Å². The van der Waals surface area contributed by atoms with Gasteiger partial charge in [-0.05, 0) is 36.6 Å². The second kappa shape index (κ2) is 5.01. The van der Waals surface area contributed by atoms with E-state index in [0.29, 0.717) is 12.0 Å². The molecule has 0 spiro atoms. The van der Waals surface area contributed by atoms with Crippen LogP contribution in [0.25, 0.3) is 0 Å². The molecule has 0 bridgehead atoms. The molecule has 100 valence electrons. The van der Waals surface area contributed by atoms with E-state index in [2.05, 4.69) is 10.8 Å². The first-order valence-electron chi connectivity index (χ1n) is 6.61. The Balaban J connectivity index is 1.63. The summed E-state index contributed by atoms with van der Waals surface area (Å²) in [4.78, 5) is 28.6. The molecule has 0 saturated heterocycles. The van der Waals surface area contributed by atoms with Crippen molar-refractivity contribution in [1.82, 2.24) is 5.48 Å². The topological polar surface area (TPSA) is 67.4 Å². The summed E-state index contributed by atoms with van der Waals surface area (Å²) < 4.78 is 0. The molecule has 0 unspecified atom stereocenters. The average molecular weight is 260 g/mol. The molecule has 2 amide bonds. The van der Waals surface area contributed by atoms with Crippen molar-refractivity contribution in [2.75, 3.05) is 5.32 Å². The zero-order chi connectivity index (χ0) is 13.2. The predicted octanol–water partition coefficient (Wildman–Crippen LogP) is 1.79. The number of nitrogens with one attached hydrogen (secondary N) is 2. The molecule has 5 heteroatoms. The molecule has 5 nitrogen and oxygen atoms in total. The summed E-state index contributed by atoms with van der Waals surface area (Å²) in [5, 5.41) is 2.74. The molecule has 1 aromatic rings. The van der Waals surface area contributed by atoms with Gasteiger partial charge in [0.05, 0.1) is 12.5 Å². The third kappa shape index (κ3) is 2.61. The Kier molecular flexibility index (Phi) is 3.21. The van der Waals surface area contributed by atoms with Crippen LogP contribution in [0.15, 0.2) is 18.2 Å². The molecule has 19 heavy (non-hydrogen) atoms. The van der Waals surface area contributed by atoms with E-state index >= 15 is 0 Å². The fourth-order valence-electron chi connectivity index (χ4n) is 2.57. The number of amides is 2. The lowest BCUT2D eigenvalue weighted by Gasteiger charge is -2.11. The van der Waals surface area contributed by atoms with Crippen molar-refractivity contribution in [3.8, 4) is 0 Å². The Morgan fingerprint density at radius 3 is 2.89 bits per heavy atom. The molecule has 1 saturated carbocycles. The van der Waals surface area contributed by atoms with Gasteiger partial charge in [-0.2, -0.15) is 0 Å². The maximum atomic E-state index is 11.9. The van der Waals surface area contributed by atoms with Gasteiger partial charge in [0, 0.05) is 11.3 Å². The van der Waals surface area contributed by atoms with Gasteiger partial charge < -0.3 is 5.32 Å². The minimum absolute atomic E-state index is 0.0326. The third-order valence-electron chi connectivity index (χ3n) is 3.61. The quantitative estimate of drug-likeness (QED) is 0.814. The van der Waals surface area contributed by atoms with Crippen LogP contribution in [-0.4, -0.2) is 17.9 Å². The van der Waals surface area contributed by atoms with E-state index in [0.717, 1.165) is 36.9 Å². The summed E-state index contributed by atoms with van der Waals surface area (Å²) in [6, 6.07) is 5.18. The number of hydrogen-bond donors (Lipinski definition) is 2. The normalized spacial score (nSPS) is 18.2. The van der Waals surface area contributed by atoms with Crippen molar-refractivity contribution < 1.29 is 14.4 Å². The van der Waals surface area contributed by atoms with Crippen molar-refractivity contribution in [1.29, 1.82) is 0 Å². The fourth-order valence-corrected chi connectivity index (χ4v) is 2.57. The van der Waals surface area contributed by atoms with Crippen LogP contribution in [0.5, 0.6) is 0 Å². The van der Waals surface area contributed by atoms with Gasteiger partial charge >= 0.3 is 0 Å². The van der Waals surface area contributed by atoms with Crippen LogP contribution in [-0.2, 0) is 16.1 Å². The number of carbonyl (C=O) groups excluding carboxylic acids is 2. The van der Waals surface area contributed by atoms with Gasteiger partial charge in [0.1, 0.15) is 0 Å². The summed E-state index contributed by atoms with van der Waals surface area (Å²) in [6.45, 7) is 0. The molecule has 1 aliphatic heterocycles. The first-order chi connectivity index (χ1) is 9.22. The molecule has 1 heterocycles. The SMILES string of the molecule is O=C1Cc2cc(C(=O)NOC3CCCC3)ccc2N1. The molecule has 2 aliphatic rings. The van der Waals surface area contributed by atoms with Crippen LogP contribution in [0.1, 0.15) is 41.6 Å². The fraction of sp³-hybridized carbons (Fsp3) is 0.429. The Bertz CT molecular complexity index is 521. The molecule has 1 fully saturated rings. The molecule has 2 N–H and O–H groups in total. The minimum Gasteiger partial charge on any atom is -0.326 e. The van der Waals surface area contributed by atoms with E-state index < -0.39 is 0 Å². The zero-order valence-corrected chi connectivity index (χ0v) is 10.6. The molecular weight excluding hydrogens is 244 g/mol. The summed E-state index contributed by atoms with van der Waals surface area (Å²) >= 11 is 0. The number of fused-ring (bicyclic) bond motifs is 1. The maximum Gasteiger partial charge on any atom is 0.274 e. The summed E-state index contributed by atoms with van der Waals surface area (Å²) in [5.41, 5.74) is 4.67. The van der Waals surface area contributed by atoms with Crippen LogP contribution in [0.3, 0.4) is 0 Å². The lowest BCUT2D eigenvalue weighted by atomic mass is 10.1. The van der Waals surface area contributed by atoms with Crippen molar-refractivity contribution in [2.24, 2.45) is 0 Å². The highest BCUT2D eigenvalue weighted by Crippen LogP contribution is 2.24. The van der Waals surface area contributed by atoms with Crippen LogP contribution in [0.2, 0.25) is 0 Å². The van der Waals surface area contributed by atoms with Crippen molar-refractivity contribution in [2.45, 2.75) is 38.2 Å². The van der Waals surface area contributed by atoms with E-state index in [9.17, 15) is 9.59 Å². The lowest BCUT2D eigenvalue weighted by Crippen LogP contribution is -2.28. The number of hydrogen-bond acceptors (Lipinski definition) is 3. The van der Waals surface area contributed by atoms with Gasteiger partial charge in [0.15, 0.2) is 0 Å². The number of carbonyl (C=O) groups is 2. The van der Waals surface area contributed by atoms with Crippen LogP contribution in [0, 0.1) is 0 Å². The molecule has 0 atom stereocenters. The molecule has 3 rings (SSSR count). The summed E-state index contributed by atoms with van der Waals surface area (Å²) in [5.74, 6) is -0.288. The van der Waals surface area contributed by atoms with Gasteiger partial charge in [0.2, 0.25) is 5.91 Å². The van der Waals surface area contributed by atoms with Crippen molar-refractivity contribution in [3.63, 3.8) is 0 Å². The summed E-state index contributed by atoms with van der Waals surface area (Å²) in [6.07, 6.45) is 4.80. The molecule has 0 aromatic heterocycles. The first kappa shape index (κ1) is 12.2. The van der Waals surface area contributed by atoms with Gasteiger partial charge in [-0.15, -0.1) is 0 Å². The number of benzene rings is 1. The standard InChI is InChI=1S/C14H16N2O3/c17-13-8-10-7-9(5-6-12(10)15-13)14(18)16-19-11-3-1-2-4-11/h5-7,11H,1-4,8H2,(H,15,17)(H,16,18). The minimum atomic E-state index is -0.256. The molecule has 1 aromatic carbocycles. The highest BCUT2D eigenvalue weighted by atomic mass is 16.7. The highest BCUT2D eigenvalue weighted by molar-refractivity contribution is 6.01. The van der Waals surface area contributed by atoms with Gasteiger partial charge in [-0.25, -0.2) is 5.48 Å². The number of rotatable bonds is 3. The van der Waals surface area contributed by atoms with E-state index in [1.165, 1.54) is 0 Å².